The lowest BCUT2D eigenvalue weighted by Crippen LogP contribution is -2.53. The second-order valence-electron chi connectivity index (χ2n) is 7.49. The standard InChI is InChI=1S/C22H20N2O3S/c25-20(23-22(13-6-14-22)17-9-2-1-3-10-17)15-24-18-11-4-7-16-8-5-12-19(21(16)18)28(24,26)27/h1-5,7-12H,6,13-15H2,(H,23,25). The van der Waals surface area contributed by atoms with Crippen molar-refractivity contribution in [1.82, 2.24) is 5.32 Å². The zero-order valence-corrected chi connectivity index (χ0v) is 16.1. The molecule has 0 bridgehead atoms. The lowest BCUT2D eigenvalue weighted by molar-refractivity contribution is -0.122. The number of nitrogens with one attached hydrogen (secondary N) is 1. The summed E-state index contributed by atoms with van der Waals surface area (Å²) in [6.07, 6.45) is 2.78. The van der Waals surface area contributed by atoms with Gasteiger partial charge in [0.15, 0.2) is 0 Å². The highest BCUT2D eigenvalue weighted by Crippen LogP contribution is 2.43. The number of anilines is 1. The highest BCUT2D eigenvalue weighted by atomic mass is 32.2. The maximum Gasteiger partial charge on any atom is 0.265 e. The first-order valence-corrected chi connectivity index (χ1v) is 10.9. The number of benzene rings is 3. The van der Waals surface area contributed by atoms with Crippen LogP contribution in [0.15, 0.2) is 71.6 Å². The van der Waals surface area contributed by atoms with Crippen LogP contribution >= 0.6 is 0 Å². The molecule has 1 aliphatic carbocycles. The maximum absolute atomic E-state index is 13.1. The molecule has 142 valence electrons. The Hall–Kier alpha value is -2.86. The van der Waals surface area contributed by atoms with Crippen LogP contribution in [0.4, 0.5) is 5.69 Å². The molecule has 1 aliphatic heterocycles. The third-order valence-electron chi connectivity index (χ3n) is 5.88. The Bertz CT molecular complexity index is 1180. The quantitative estimate of drug-likeness (QED) is 0.738. The van der Waals surface area contributed by atoms with Crippen molar-refractivity contribution in [3.05, 3.63) is 72.3 Å². The number of nitrogens with zero attached hydrogens (tertiary/aromatic N) is 1. The first-order chi connectivity index (χ1) is 13.5. The predicted molar refractivity (Wildman–Crippen MR) is 109 cm³/mol. The normalized spacial score (nSPS) is 18.6. The molecule has 6 heteroatoms. The minimum absolute atomic E-state index is 0.218. The largest absolute Gasteiger partial charge is 0.345 e. The molecule has 0 atom stereocenters. The summed E-state index contributed by atoms with van der Waals surface area (Å²) in [5, 5.41) is 4.68. The van der Waals surface area contributed by atoms with Crippen LogP contribution < -0.4 is 9.62 Å². The van der Waals surface area contributed by atoms with Gasteiger partial charge in [0.2, 0.25) is 5.91 Å². The molecule has 1 saturated carbocycles. The van der Waals surface area contributed by atoms with E-state index in [0.717, 1.165) is 30.2 Å². The van der Waals surface area contributed by atoms with Crippen LogP contribution in [-0.2, 0) is 20.4 Å². The van der Waals surface area contributed by atoms with E-state index in [9.17, 15) is 13.2 Å². The van der Waals surface area contributed by atoms with Gasteiger partial charge in [-0.2, -0.15) is 0 Å². The fraction of sp³-hybridized carbons (Fsp3) is 0.227. The van der Waals surface area contributed by atoms with Gasteiger partial charge in [0, 0.05) is 5.39 Å². The van der Waals surface area contributed by atoms with Gasteiger partial charge in [-0.25, -0.2) is 8.42 Å². The Morgan fingerprint density at radius 2 is 1.68 bits per heavy atom. The molecule has 1 fully saturated rings. The van der Waals surface area contributed by atoms with Crippen LogP contribution in [0, 0.1) is 0 Å². The molecule has 1 amide bonds. The van der Waals surface area contributed by atoms with E-state index in [4.69, 9.17) is 0 Å². The minimum atomic E-state index is -3.73. The van der Waals surface area contributed by atoms with Gasteiger partial charge in [0.25, 0.3) is 10.0 Å². The van der Waals surface area contributed by atoms with E-state index in [0.29, 0.717) is 11.1 Å². The SMILES string of the molecule is O=C(CN1c2cccc3cccc(c23)S1(=O)=O)NC1(c2ccccc2)CCC1. The highest BCUT2D eigenvalue weighted by molar-refractivity contribution is 7.93. The van der Waals surface area contributed by atoms with E-state index in [2.05, 4.69) is 5.32 Å². The molecule has 0 saturated heterocycles. The Balaban J connectivity index is 1.46. The topological polar surface area (TPSA) is 66.5 Å². The Morgan fingerprint density at radius 3 is 2.36 bits per heavy atom. The second-order valence-corrected chi connectivity index (χ2v) is 9.32. The zero-order valence-electron chi connectivity index (χ0n) is 15.3. The molecule has 1 N–H and O–H groups in total. The van der Waals surface area contributed by atoms with E-state index in [-0.39, 0.29) is 22.9 Å². The van der Waals surface area contributed by atoms with E-state index >= 15 is 0 Å². The maximum atomic E-state index is 13.1. The second kappa shape index (κ2) is 6.07. The molecule has 0 aromatic heterocycles. The summed E-state index contributed by atoms with van der Waals surface area (Å²) in [7, 11) is -3.73. The fourth-order valence-electron chi connectivity index (χ4n) is 4.34. The van der Waals surface area contributed by atoms with Crippen LogP contribution in [0.3, 0.4) is 0 Å². The van der Waals surface area contributed by atoms with Gasteiger partial charge in [-0.1, -0.05) is 54.6 Å². The first-order valence-electron chi connectivity index (χ1n) is 9.42. The average molecular weight is 392 g/mol. The van der Waals surface area contributed by atoms with Gasteiger partial charge in [-0.15, -0.1) is 0 Å². The van der Waals surface area contributed by atoms with E-state index < -0.39 is 10.0 Å². The first kappa shape index (κ1) is 17.3. The van der Waals surface area contributed by atoms with Crippen molar-refractivity contribution in [2.45, 2.75) is 29.7 Å². The van der Waals surface area contributed by atoms with Crippen molar-refractivity contribution in [1.29, 1.82) is 0 Å². The molecule has 5 nitrogen and oxygen atoms in total. The van der Waals surface area contributed by atoms with E-state index in [1.807, 2.05) is 48.5 Å². The summed E-state index contributed by atoms with van der Waals surface area (Å²) in [4.78, 5) is 13.2. The average Bonchev–Trinajstić information content (AvgIpc) is 2.89. The van der Waals surface area contributed by atoms with Crippen LogP contribution in [0.25, 0.3) is 10.8 Å². The smallest absolute Gasteiger partial charge is 0.265 e. The van der Waals surface area contributed by atoms with Crippen LogP contribution in [-0.4, -0.2) is 20.9 Å². The number of sulfonamides is 1. The summed E-state index contributed by atoms with van der Waals surface area (Å²) in [6.45, 7) is -0.218. The van der Waals surface area contributed by atoms with Gasteiger partial charge in [-0.05, 0) is 42.3 Å². The summed E-state index contributed by atoms with van der Waals surface area (Å²) in [5.41, 5.74) is 1.26. The molecule has 0 spiro atoms. The molecule has 0 radical (unpaired) electrons. The summed E-state index contributed by atoms with van der Waals surface area (Å²) in [5.74, 6) is -0.281. The van der Waals surface area contributed by atoms with Gasteiger partial charge >= 0.3 is 0 Å². The molecule has 5 rings (SSSR count). The molecule has 3 aromatic carbocycles. The molecule has 3 aromatic rings. The molecule has 2 aliphatic rings. The molecule has 28 heavy (non-hydrogen) atoms. The van der Waals surface area contributed by atoms with Gasteiger partial charge in [0.05, 0.1) is 16.1 Å². The number of rotatable bonds is 4. The Kier molecular flexibility index (Phi) is 3.74. The zero-order chi connectivity index (χ0) is 19.4. The van der Waals surface area contributed by atoms with Crippen molar-refractivity contribution >= 4 is 32.4 Å². The molecule has 0 unspecified atom stereocenters. The number of carbonyl (C=O) groups is 1. The van der Waals surface area contributed by atoms with Gasteiger partial charge in [0.1, 0.15) is 6.54 Å². The number of amides is 1. The number of hydrogen-bond acceptors (Lipinski definition) is 3. The lowest BCUT2D eigenvalue weighted by atomic mass is 9.72. The Labute approximate surface area is 164 Å². The van der Waals surface area contributed by atoms with Crippen LogP contribution in [0.1, 0.15) is 24.8 Å². The lowest BCUT2D eigenvalue weighted by Gasteiger charge is -2.43. The van der Waals surface area contributed by atoms with Crippen LogP contribution in [0.2, 0.25) is 0 Å². The summed E-state index contributed by atoms with van der Waals surface area (Å²) < 4.78 is 27.4. The highest BCUT2D eigenvalue weighted by Gasteiger charge is 2.42. The van der Waals surface area contributed by atoms with Crippen LogP contribution in [0.5, 0.6) is 0 Å². The van der Waals surface area contributed by atoms with Crippen molar-refractivity contribution < 1.29 is 13.2 Å². The number of hydrogen-bond donors (Lipinski definition) is 1. The van der Waals surface area contributed by atoms with Crippen molar-refractivity contribution in [2.75, 3.05) is 10.8 Å². The van der Waals surface area contributed by atoms with Crippen molar-refractivity contribution in [3.8, 4) is 0 Å². The molecular formula is C22H20N2O3S. The van der Waals surface area contributed by atoms with E-state index in [1.54, 1.807) is 18.2 Å². The minimum Gasteiger partial charge on any atom is -0.345 e. The summed E-state index contributed by atoms with van der Waals surface area (Å²) in [6, 6.07) is 20.6. The summed E-state index contributed by atoms with van der Waals surface area (Å²) >= 11 is 0. The third-order valence-corrected chi connectivity index (χ3v) is 7.68. The van der Waals surface area contributed by atoms with Gasteiger partial charge < -0.3 is 5.32 Å². The molecule has 1 heterocycles. The Morgan fingerprint density at radius 1 is 0.964 bits per heavy atom. The van der Waals surface area contributed by atoms with E-state index in [1.165, 1.54) is 4.31 Å². The monoisotopic (exact) mass is 392 g/mol. The van der Waals surface area contributed by atoms with Gasteiger partial charge in [-0.3, -0.25) is 9.10 Å². The molecular weight excluding hydrogens is 372 g/mol. The van der Waals surface area contributed by atoms with Crippen molar-refractivity contribution in [2.24, 2.45) is 0 Å². The predicted octanol–water partition coefficient (Wildman–Crippen LogP) is 3.54. The third kappa shape index (κ3) is 2.44. The van der Waals surface area contributed by atoms with Crippen molar-refractivity contribution in [3.63, 3.8) is 0 Å². The fourth-order valence-corrected chi connectivity index (χ4v) is 6.01. The number of carbonyl (C=O) groups excluding carboxylic acids is 1.